The van der Waals surface area contributed by atoms with Crippen LogP contribution >= 0.6 is 0 Å². The zero-order chi connectivity index (χ0) is 14.6. The van der Waals surface area contributed by atoms with Crippen LogP contribution in [0, 0.1) is 5.92 Å². The molecule has 3 nitrogen and oxygen atoms in total. The summed E-state index contributed by atoms with van der Waals surface area (Å²) in [7, 11) is 0. The van der Waals surface area contributed by atoms with Crippen LogP contribution in [0.3, 0.4) is 0 Å². The summed E-state index contributed by atoms with van der Waals surface area (Å²) in [6.45, 7) is 10.8. The summed E-state index contributed by atoms with van der Waals surface area (Å²) in [6.07, 6.45) is 1.28. The predicted octanol–water partition coefficient (Wildman–Crippen LogP) is 2.22. The average molecular weight is 275 g/mol. The first-order valence-electron chi connectivity index (χ1n) is 7.72. The number of hydrogen-bond acceptors (Lipinski definition) is 3. The first kappa shape index (κ1) is 15.5. The Morgan fingerprint density at radius 1 is 1.35 bits per heavy atom. The second-order valence-electron chi connectivity index (χ2n) is 6.93. The van der Waals surface area contributed by atoms with Gasteiger partial charge in [0.1, 0.15) is 0 Å². The molecule has 0 amide bonds. The summed E-state index contributed by atoms with van der Waals surface area (Å²) >= 11 is 0. The molecule has 3 heteroatoms. The molecule has 1 heterocycles. The fourth-order valence-corrected chi connectivity index (χ4v) is 2.85. The Hall–Kier alpha value is -0.900. The largest absolute Gasteiger partial charge is 0.324 e. The van der Waals surface area contributed by atoms with Crippen molar-refractivity contribution in [3.63, 3.8) is 0 Å². The standard InChI is InChI=1S/C17H29N3/c1-14(19-13-17(2,3)18)16-9-10-20(12-16)11-15-7-5-4-6-8-15/h4-8,14,16,19H,9-13,18H2,1-3H3. The van der Waals surface area contributed by atoms with Crippen molar-refractivity contribution in [1.29, 1.82) is 0 Å². The molecule has 0 saturated carbocycles. The van der Waals surface area contributed by atoms with Crippen molar-refractivity contribution in [3.8, 4) is 0 Å². The Morgan fingerprint density at radius 2 is 2.05 bits per heavy atom. The highest BCUT2D eigenvalue weighted by molar-refractivity contribution is 5.14. The molecule has 20 heavy (non-hydrogen) atoms. The molecule has 2 rings (SSSR count). The molecule has 1 saturated heterocycles. The van der Waals surface area contributed by atoms with Gasteiger partial charge in [0.25, 0.3) is 0 Å². The fourth-order valence-electron chi connectivity index (χ4n) is 2.85. The van der Waals surface area contributed by atoms with E-state index in [1.54, 1.807) is 0 Å². The smallest absolute Gasteiger partial charge is 0.0233 e. The molecule has 0 radical (unpaired) electrons. The van der Waals surface area contributed by atoms with Crippen LogP contribution < -0.4 is 11.1 Å². The van der Waals surface area contributed by atoms with Crippen LogP contribution in [0.5, 0.6) is 0 Å². The SMILES string of the molecule is CC(NCC(C)(C)N)C1CCN(Cc2ccccc2)C1. The van der Waals surface area contributed by atoms with Crippen LogP contribution in [0.1, 0.15) is 32.8 Å². The minimum absolute atomic E-state index is 0.128. The van der Waals surface area contributed by atoms with E-state index in [2.05, 4.69) is 61.3 Å². The van der Waals surface area contributed by atoms with E-state index < -0.39 is 0 Å². The highest BCUT2D eigenvalue weighted by Crippen LogP contribution is 2.21. The number of hydrogen-bond donors (Lipinski definition) is 2. The van der Waals surface area contributed by atoms with Gasteiger partial charge < -0.3 is 11.1 Å². The van der Waals surface area contributed by atoms with Gasteiger partial charge in [0.2, 0.25) is 0 Å². The molecule has 1 aromatic carbocycles. The quantitative estimate of drug-likeness (QED) is 0.836. The van der Waals surface area contributed by atoms with Crippen molar-refractivity contribution < 1.29 is 0 Å². The maximum absolute atomic E-state index is 6.04. The molecule has 1 fully saturated rings. The van der Waals surface area contributed by atoms with Crippen molar-refractivity contribution in [2.75, 3.05) is 19.6 Å². The molecule has 2 unspecified atom stereocenters. The van der Waals surface area contributed by atoms with E-state index in [-0.39, 0.29) is 5.54 Å². The fraction of sp³-hybridized carbons (Fsp3) is 0.647. The number of likely N-dealkylation sites (tertiary alicyclic amines) is 1. The second kappa shape index (κ2) is 6.70. The summed E-state index contributed by atoms with van der Waals surface area (Å²) in [5.74, 6) is 0.737. The van der Waals surface area contributed by atoms with Crippen LogP contribution in [0.25, 0.3) is 0 Å². The van der Waals surface area contributed by atoms with Gasteiger partial charge in [-0.05, 0) is 45.2 Å². The molecule has 2 atom stereocenters. The zero-order valence-electron chi connectivity index (χ0n) is 13.1. The Labute approximate surface area is 123 Å². The lowest BCUT2D eigenvalue weighted by molar-refractivity contribution is 0.291. The van der Waals surface area contributed by atoms with Crippen molar-refractivity contribution >= 4 is 0 Å². The molecular formula is C17H29N3. The lowest BCUT2D eigenvalue weighted by atomic mass is 9.99. The second-order valence-corrected chi connectivity index (χ2v) is 6.93. The van der Waals surface area contributed by atoms with Crippen LogP contribution in [0.2, 0.25) is 0 Å². The van der Waals surface area contributed by atoms with Crippen molar-refractivity contribution in [1.82, 2.24) is 10.2 Å². The Morgan fingerprint density at radius 3 is 2.70 bits per heavy atom. The van der Waals surface area contributed by atoms with Gasteiger partial charge in [0, 0.05) is 31.2 Å². The summed E-state index contributed by atoms with van der Waals surface area (Å²) in [5.41, 5.74) is 7.32. The van der Waals surface area contributed by atoms with Gasteiger partial charge in [0.05, 0.1) is 0 Å². The van der Waals surface area contributed by atoms with E-state index >= 15 is 0 Å². The predicted molar refractivity (Wildman–Crippen MR) is 85.6 cm³/mol. The molecule has 112 valence electrons. The van der Waals surface area contributed by atoms with Crippen LogP contribution in [-0.2, 0) is 6.54 Å². The number of benzene rings is 1. The molecule has 0 aromatic heterocycles. The van der Waals surface area contributed by atoms with Gasteiger partial charge in [0.15, 0.2) is 0 Å². The molecule has 1 aromatic rings. The van der Waals surface area contributed by atoms with E-state index in [9.17, 15) is 0 Å². The summed E-state index contributed by atoms with van der Waals surface area (Å²) in [5, 5.41) is 3.60. The lowest BCUT2D eigenvalue weighted by Gasteiger charge is -2.26. The van der Waals surface area contributed by atoms with Crippen LogP contribution in [-0.4, -0.2) is 36.1 Å². The van der Waals surface area contributed by atoms with E-state index in [0.717, 1.165) is 19.0 Å². The molecule has 1 aliphatic heterocycles. The minimum atomic E-state index is -0.128. The summed E-state index contributed by atoms with van der Waals surface area (Å²) in [4.78, 5) is 2.56. The van der Waals surface area contributed by atoms with E-state index in [1.807, 2.05) is 0 Å². The molecular weight excluding hydrogens is 246 g/mol. The lowest BCUT2D eigenvalue weighted by Crippen LogP contribution is -2.48. The third-order valence-electron chi connectivity index (χ3n) is 4.14. The highest BCUT2D eigenvalue weighted by Gasteiger charge is 2.27. The van der Waals surface area contributed by atoms with Gasteiger partial charge >= 0.3 is 0 Å². The number of rotatable bonds is 6. The van der Waals surface area contributed by atoms with Gasteiger partial charge in [-0.15, -0.1) is 0 Å². The van der Waals surface area contributed by atoms with Gasteiger partial charge in [-0.25, -0.2) is 0 Å². The zero-order valence-corrected chi connectivity index (χ0v) is 13.1. The topological polar surface area (TPSA) is 41.3 Å². The minimum Gasteiger partial charge on any atom is -0.324 e. The monoisotopic (exact) mass is 275 g/mol. The van der Waals surface area contributed by atoms with Crippen molar-refractivity contribution in [3.05, 3.63) is 35.9 Å². The normalized spacial score (nSPS) is 22.1. The first-order chi connectivity index (χ1) is 9.44. The van der Waals surface area contributed by atoms with E-state index in [0.29, 0.717) is 6.04 Å². The number of nitrogens with two attached hydrogens (primary N) is 1. The van der Waals surface area contributed by atoms with E-state index in [1.165, 1.54) is 25.1 Å². The molecule has 0 aliphatic carbocycles. The van der Waals surface area contributed by atoms with Gasteiger partial charge in [-0.3, -0.25) is 4.90 Å². The summed E-state index contributed by atoms with van der Waals surface area (Å²) < 4.78 is 0. The Balaban J connectivity index is 1.77. The third kappa shape index (κ3) is 4.89. The van der Waals surface area contributed by atoms with Crippen LogP contribution in [0.15, 0.2) is 30.3 Å². The molecule has 0 spiro atoms. The molecule has 1 aliphatic rings. The average Bonchev–Trinajstić information content (AvgIpc) is 2.85. The maximum atomic E-state index is 6.04. The highest BCUT2D eigenvalue weighted by atomic mass is 15.2. The first-order valence-corrected chi connectivity index (χ1v) is 7.72. The number of nitrogens with one attached hydrogen (secondary N) is 1. The maximum Gasteiger partial charge on any atom is 0.0233 e. The van der Waals surface area contributed by atoms with E-state index in [4.69, 9.17) is 5.73 Å². The van der Waals surface area contributed by atoms with Crippen LogP contribution in [0.4, 0.5) is 0 Å². The van der Waals surface area contributed by atoms with Crippen molar-refractivity contribution in [2.24, 2.45) is 11.7 Å². The number of nitrogens with zero attached hydrogens (tertiary/aromatic N) is 1. The summed E-state index contributed by atoms with van der Waals surface area (Å²) in [6, 6.07) is 11.3. The third-order valence-corrected chi connectivity index (χ3v) is 4.14. The molecule has 0 bridgehead atoms. The Kier molecular flexibility index (Phi) is 5.19. The Bertz CT molecular complexity index is 396. The molecule has 3 N–H and O–H groups in total. The van der Waals surface area contributed by atoms with Gasteiger partial charge in [-0.1, -0.05) is 30.3 Å². The van der Waals surface area contributed by atoms with Crippen molar-refractivity contribution in [2.45, 2.75) is 45.3 Å². The van der Waals surface area contributed by atoms with Gasteiger partial charge in [-0.2, -0.15) is 0 Å².